The molecule has 0 aliphatic rings. The maximum Gasteiger partial charge on any atom is 0.122 e. The SMILES string of the molecule is CCNC(c1cc(C)c(OC)cc1C)C(C)(CC)OC. The van der Waals surface area contributed by atoms with Crippen molar-refractivity contribution in [3.63, 3.8) is 0 Å². The van der Waals surface area contributed by atoms with Crippen molar-refractivity contribution in [1.29, 1.82) is 0 Å². The average molecular weight is 279 g/mol. The molecule has 0 aliphatic carbocycles. The fourth-order valence-electron chi connectivity index (χ4n) is 2.67. The van der Waals surface area contributed by atoms with Crippen LogP contribution >= 0.6 is 0 Å². The molecule has 0 saturated carbocycles. The van der Waals surface area contributed by atoms with E-state index in [1.54, 1.807) is 14.2 Å². The van der Waals surface area contributed by atoms with E-state index in [1.165, 1.54) is 11.1 Å². The molecule has 3 nitrogen and oxygen atoms in total. The van der Waals surface area contributed by atoms with Crippen LogP contribution in [0.2, 0.25) is 0 Å². The number of ether oxygens (including phenoxy) is 2. The maximum absolute atomic E-state index is 5.81. The molecule has 0 spiro atoms. The van der Waals surface area contributed by atoms with Gasteiger partial charge in [0.1, 0.15) is 5.75 Å². The average Bonchev–Trinajstić information content (AvgIpc) is 2.46. The molecular weight excluding hydrogens is 250 g/mol. The van der Waals surface area contributed by atoms with Gasteiger partial charge in [0.05, 0.1) is 18.8 Å². The summed E-state index contributed by atoms with van der Waals surface area (Å²) in [4.78, 5) is 0. The second kappa shape index (κ2) is 7.09. The zero-order valence-corrected chi connectivity index (χ0v) is 14.0. The molecule has 0 fully saturated rings. The number of methoxy groups -OCH3 is 2. The molecule has 0 bridgehead atoms. The van der Waals surface area contributed by atoms with Crippen molar-refractivity contribution in [1.82, 2.24) is 5.32 Å². The fraction of sp³-hybridized carbons (Fsp3) is 0.647. The van der Waals surface area contributed by atoms with E-state index in [2.05, 4.69) is 52.1 Å². The lowest BCUT2D eigenvalue weighted by Gasteiger charge is -2.37. The second-order valence-electron chi connectivity index (χ2n) is 5.54. The molecule has 0 aromatic heterocycles. The van der Waals surface area contributed by atoms with Crippen LogP contribution in [0.3, 0.4) is 0 Å². The van der Waals surface area contributed by atoms with Gasteiger partial charge in [-0.1, -0.05) is 19.9 Å². The minimum atomic E-state index is -0.220. The maximum atomic E-state index is 5.81. The molecule has 0 saturated heterocycles. The van der Waals surface area contributed by atoms with E-state index in [0.29, 0.717) is 0 Å². The van der Waals surface area contributed by atoms with Gasteiger partial charge in [0.2, 0.25) is 0 Å². The van der Waals surface area contributed by atoms with Crippen molar-refractivity contribution in [2.24, 2.45) is 0 Å². The Balaban J connectivity index is 3.32. The summed E-state index contributed by atoms with van der Waals surface area (Å²) < 4.78 is 11.2. The van der Waals surface area contributed by atoms with Crippen LogP contribution in [0.25, 0.3) is 0 Å². The Hall–Kier alpha value is -1.06. The van der Waals surface area contributed by atoms with Crippen molar-refractivity contribution >= 4 is 0 Å². The summed E-state index contributed by atoms with van der Waals surface area (Å²) in [5.74, 6) is 0.942. The highest BCUT2D eigenvalue weighted by Gasteiger charge is 2.34. The Morgan fingerprint density at radius 1 is 1.15 bits per heavy atom. The van der Waals surface area contributed by atoms with Crippen molar-refractivity contribution in [3.8, 4) is 5.75 Å². The molecule has 3 heteroatoms. The largest absolute Gasteiger partial charge is 0.496 e. The number of nitrogens with one attached hydrogen (secondary N) is 1. The van der Waals surface area contributed by atoms with Crippen LogP contribution in [-0.4, -0.2) is 26.4 Å². The second-order valence-corrected chi connectivity index (χ2v) is 5.54. The Bertz CT molecular complexity index is 439. The molecule has 0 heterocycles. The summed E-state index contributed by atoms with van der Waals surface area (Å²) in [7, 11) is 3.51. The van der Waals surface area contributed by atoms with E-state index in [0.717, 1.165) is 24.3 Å². The molecule has 1 N–H and O–H groups in total. The number of hydrogen-bond donors (Lipinski definition) is 1. The Morgan fingerprint density at radius 3 is 2.25 bits per heavy atom. The van der Waals surface area contributed by atoms with Crippen LogP contribution in [0.4, 0.5) is 0 Å². The minimum Gasteiger partial charge on any atom is -0.496 e. The van der Waals surface area contributed by atoms with Gasteiger partial charge in [-0.05, 0) is 56.5 Å². The van der Waals surface area contributed by atoms with Gasteiger partial charge in [-0.3, -0.25) is 0 Å². The third-order valence-electron chi connectivity index (χ3n) is 4.28. The van der Waals surface area contributed by atoms with Crippen LogP contribution in [0.1, 0.15) is 49.9 Å². The van der Waals surface area contributed by atoms with Gasteiger partial charge in [-0.15, -0.1) is 0 Å². The lowest BCUT2D eigenvalue weighted by atomic mass is 9.84. The van der Waals surface area contributed by atoms with Crippen LogP contribution in [0.15, 0.2) is 12.1 Å². The monoisotopic (exact) mass is 279 g/mol. The summed E-state index contributed by atoms with van der Waals surface area (Å²) in [6, 6.07) is 4.50. The molecule has 1 aromatic carbocycles. The van der Waals surface area contributed by atoms with E-state index in [-0.39, 0.29) is 11.6 Å². The molecule has 2 atom stereocenters. The zero-order valence-electron chi connectivity index (χ0n) is 14.0. The number of aryl methyl sites for hydroxylation is 2. The third kappa shape index (κ3) is 3.33. The van der Waals surface area contributed by atoms with Crippen LogP contribution in [0, 0.1) is 13.8 Å². The van der Waals surface area contributed by atoms with Gasteiger partial charge < -0.3 is 14.8 Å². The topological polar surface area (TPSA) is 30.5 Å². The molecule has 0 radical (unpaired) electrons. The van der Waals surface area contributed by atoms with Crippen molar-refractivity contribution < 1.29 is 9.47 Å². The van der Waals surface area contributed by atoms with E-state index in [4.69, 9.17) is 9.47 Å². The van der Waals surface area contributed by atoms with Gasteiger partial charge in [-0.25, -0.2) is 0 Å². The summed E-state index contributed by atoms with van der Waals surface area (Å²) >= 11 is 0. The first-order valence-electron chi connectivity index (χ1n) is 7.37. The molecule has 114 valence electrons. The van der Waals surface area contributed by atoms with Gasteiger partial charge in [0.25, 0.3) is 0 Å². The van der Waals surface area contributed by atoms with Gasteiger partial charge in [0, 0.05) is 7.11 Å². The number of hydrogen-bond acceptors (Lipinski definition) is 3. The highest BCUT2D eigenvalue weighted by Crippen LogP contribution is 2.35. The molecule has 0 amide bonds. The number of rotatable bonds is 7. The summed E-state index contributed by atoms with van der Waals surface area (Å²) in [5.41, 5.74) is 3.46. The molecule has 1 aromatic rings. The van der Waals surface area contributed by atoms with E-state index < -0.39 is 0 Å². The molecule has 2 unspecified atom stereocenters. The Kier molecular flexibility index (Phi) is 6.03. The first kappa shape index (κ1) is 17.0. The summed E-state index contributed by atoms with van der Waals surface area (Å²) in [5, 5.41) is 3.58. The molecule has 1 rings (SSSR count). The first-order valence-corrected chi connectivity index (χ1v) is 7.37. The minimum absolute atomic E-state index is 0.173. The summed E-state index contributed by atoms with van der Waals surface area (Å²) in [6.07, 6.45) is 0.950. The lowest BCUT2D eigenvalue weighted by molar-refractivity contribution is -0.0297. The Morgan fingerprint density at radius 2 is 1.80 bits per heavy atom. The van der Waals surface area contributed by atoms with Crippen molar-refractivity contribution in [2.45, 2.75) is 52.7 Å². The van der Waals surface area contributed by atoms with E-state index in [1.807, 2.05) is 0 Å². The van der Waals surface area contributed by atoms with Gasteiger partial charge >= 0.3 is 0 Å². The van der Waals surface area contributed by atoms with E-state index >= 15 is 0 Å². The van der Waals surface area contributed by atoms with Crippen LogP contribution < -0.4 is 10.1 Å². The zero-order chi connectivity index (χ0) is 15.3. The molecular formula is C17H29NO2. The van der Waals surface area contributed by atoms with Gasteiger partial charge in [0.15, 0.2) is 0 Å². The normalized spacial score (nSPS) is 15.8. The molecule has 20 heavy (non-hydrogen) atoms. The standard InChI is InChI=1S/C17H29NO2/c1-8-17(5,20-7)16(18-9-2)14-10-13(4)15(19-6)11-12(14)3/h10-11,16,18H,8-9H2,1-7H3. The first-order chi connectivity index (χ1) is 9.43. The third-order valence-corrected chi connectivity index (χ3v) is 4.28. The molecule has 0 aliphatic heterocycles. The smallest absolute Gasteiger partial charge is 0.122 e. The fourth-order valence-corrected chi connectivity index (χ4v) is 2.67. The Labute approximate surface area is 123 Å². The highest BCUT2D eigenvalue weighted by molar-refractivity contribution is 5.43. The van der Waals surface area contributed by atoms with Crippen LogP contribution in [0.5, 0.6) is 5.75 Å². The number of likely N-dealkylation sites (N-methyl/N-ethyl adjacent to an activating group) is 1. The van der Waals surface area contributed by atoms with Crippen molar-refractivity contribution in [2.75, 3.05) is 20.8 Å². The van der Waals surface area contributed by atoms with Gasteiger partial charge in [-0.2, -0.15) is 0 Å². The predicted molar refractivity (Wildman–Crippen MR) is 84.6 cm³/mol. The predicted octanol–water partition coefficient (Wildman–Crippen LogP) is 3.78. The number of benzene rings is 1. The highest BCUT2D eigenvalue weighted by atomic mass is 16.5. The lowest BCUT2D eigenvalue weighted by Crippen LogP contribution is -2.43. The van der Waals surface area contributed by atoms with Crippen molar-refractivity contribution in [3.05, 3.63) is 28.8 Å². The quantitative estimate of drug-likeness (QED) is 0.824. The van der Waals surface area contributed by atoms with E-state index in [9.17, 15) is 0 Å². The van der Waals surface area contributed by atoms with Crippen LogP contribution in [-0.2, 0) is 4.74 Å². The summed E-state index contributed by atoms with van der Waals surface area (Å²) in [6.45, 7) is 11.6.